The number of aryl methyl sites for hydroxylation is 3. The van der Waals surface area contributed by atoms with Crippen LogP contribution in [0.5, 0.6) is 0 Å². The molecule has 0 nitrogen and oxygen atoms in total. The molecule has 1 rings (SSSR count). The molecule has 0 atom stereocenters. The Morgan fingerprint density at radius 3 is 1.50 bits per heavy atom. The van der Waals surface area contributed by atoms with E-state index < -0.39 is 0 Å². The third kappa shape index (κ3) is 5.31. The molecule has 0 radical (unpaired) electrons. The van der Waals surface area contributed by atoms with Gasteiger partial charge in [-0.2, -0.15) is 0 Å². The van der Waals surface area contributed by atoms with Crippen LogP contribution in [0.3, 0.4) is 0 Å². The van der Waals surface area contributed by atoms with Crippen LogP contribution in [0.1, 0.15) is 88.5 Å². The minimum atomic E-state index is 1.17. The highest BCUT2D eigenvalue weighted by atomic mass is 14.2. The van der Waals surface area contributed by atoms with Crippen molar-refractivity contribution < 1.29 is 0 Å². The average molecular weight is 274 g/mol. The SMILES string of the molecule is CCCCc1cc(CC)cc(CCCC)c1CCCC. The van der Waals surface area contributed by atoms with E-state index in [9.17, 15) is 0 Å². The van der Waals surface area contributed by atoms with E-state index in [1.165, 1.54) is 64.2 Å². The van der Waals surface area contributed by atoms with Gasteiger partial charge in [0.05, 0.1) is 0 Å². The third-order valence-electron chi connectivity index (χ3n) is 4.28. The zero-order chi connectivity index (χ0) is 14.8. The summed E-state index contributed by atoms with van der Waals surface area (Å²) in [6.45, 7) is 9.19. The van der Waals surface area contributed by atoms with Crippen molar-refractivity contribution in [3.05, 3.63) is 34.4 Å². The number of hydrogen-bond acceptors (Lipinski definition) is 0. The van der Waals surface area contributed by atoms with Crippen LogP contribution in [0.4, 0.5) is 0 Å². The quantitative estimate of drug-likeness (QED) is 0.471. The zero-order valence-electron chi connectivity index (χ0n) is 14.2. The lowest BCUT2D eigenvalue weighted by atomic mass is 9.88. The lowest BCUT2D eigenvalue weighted by Crippen LogP contribution is -2.03. The van der Waals surface area contributed by atoms with Crippen molar-refractivity contribution in [2.75, 3.05) is 0 Å². The molecule has 1 aromatic carbocycles. The number of rotatable bonds is 10. The second-order valence-corrected chi connectivity index (χ2v) is 6.06. The van der Waals surface area contributed by atoms with Gasteiger partial charge in [-0.1, -0.05) is 59.1 Å². The summed E-state index contributed by atoms with van der Waals surface area (Å²) in [6.07, 6.45) is 12.9. The Balaban J connectivity index is 3.06. The van der Waals surface area contributed by atoms with Crippen LogP contribution >= 0.6 is 0 Å². The van der Waals surface area contributed by atoms with Crippen molar-refractivity contribution in [2.24, 2.45) is 0 Å². The Hall–Kier alpha value is -0.780. The molecule has 20 heavy (non-hydrogen) atoms. The predicted molar refractivity (Wildman–Crippen MR) is 91.7 cm³/mol. The summed E-state index contributed by atoms with van der Waals surface area (Å²) >= 11 is 0. The maximum absolute atomic E-state index is 2.50. The van der Waals surface area contributed by atoms with Crippen molar-refractivity contribution in [3.8, 4) is 0 Å². The molecule has 1 aromatic rings. The van der Waals surface area contributed by atoms with Crippen LogP contribution in [0.15, 0.2) is 12.1 Å². The van der Waals surface area contributed by atoms with Crippen molar-refractivity contribution in [3.63, 3.8) is 0 Å². The first-order chi connectivity index (χ1) is 9.76. The molecular formula is C20H34. The molecule has 0 heteroatoms. The molecular weight excluding hydrogens is 240 g/mol. The average Bonchev–Trinajstić information content (AvgIpc) is 2.48. The standard InChI is InChI=1S/C20H34/c1-5-9-12-18-15-17(8-4)16-19(13-10-6-2)20(18)14-11-7-3/h15-16H,5-14H2,1-4H3. The fourth-order valence-corrected chi connectivity index (χ4v) is 2.93. The lowest BCUT2D eigenvalue weighted by molar-refractivity contribution is 0.733. The number of benzene rings is 1. The Morgan fingerprint density at radius 1 is 0.650 bits per heavy atom. The van der Waals surface area contributed by atoms with Gasteiger partial charge in [0.15, 0.2) is 0 Å². The normalized spacial score (nSPS) is 11.0. The second kappa shape index (κ2) is 10.0. The van der Waals surface area contributed by atoms with Crippen LogP contribution in [0.25, 0.3) is 0 Å². The maximum Gasteiger partial charge on any atom is -0.0274 e. The summed E-state index contributed by atoms with van der Waals surface area (Å²) in [7, 11) is 0. The summed E-state index contributed by atoms with van der Waals surface area (Å²) in [6, 6.07) is 4.99. The van der Waals surface area contributed by atoms with Gasteiger partial charge in [0.1, 0.15) is 0 Å². The van der Waals surface area contributed by atoms with Crippen LogP contribution in [-0.2, 0) is 25.7 Å². The van der Waals surface area contributed by atoms with E-state index in [1.807, 2.05) is 0 Å². The van der Waals surface area contributed by atoms with Gasteiger partial charge in [-0.25, -0.2) is 0 Å². The topological polar surface area (TPSA) is 0 Å². The van der Waals surface area contributed by atoms with E-state index in [-0.39, 0.29) is 0 Å². The minimum Gasteiger partial charge on any atom is -0.0654 e. The Bertz CT molecular complexity index is 347. The van der Waals surface area contributed by atoms with Crippen LogP contribution in [-0.4, -0.2) is 0 Å². The molecule has 0 unspecified atom stereocenters. The van der Waals surface area contributed by atoms with E-state index in [0.29, 0.717) is 0 Å². The van der Waals surface area contributed by atoms with Crippen LogP contribution < -0.4 is 0 Å². The molecule has 0 aromatic heterocycles. The summed E-state index contributed by atoms with van der Waals surface area (Å²) in [5.41, 5.74) is 6.56. The first-order valence-corrected chi connectivity index (χ1v) is 8.90. The van der Waals surface area contributed by atoms with Gasteiger partial charge in [0.25, 0.3) is 0 Å². The fraction of sp³-hybridized carbons (Fsp3) is 0.700. The van der Waals surface area contributed by atoms with Gasteiger partial charge < -0.3 is 0 Å². The van der Waals surface area contributed by atoms with Crippen molar-refractivity contribution >= 4 is 0 Å². The summed E-state index contributed by atoms with van der Waals surface area (Å²) in [4.78, 5) is 0. The van der Waals surface area contributed by atoms with Crippen molar-refractivity contribution in [2.45, 2.75) is 91.9 Å². The van der Waals surface area contributed by atoms with E-state index in [4.69, 9.17) is 0 Å². The molecule has 114 valence electrons. The molecule has 0 saturated heterocycles. The molecule has 0 heterocycles. The maximum atomic E-state index is 2.50. The molecule has 0 N–H and O–H groups in total. The van der Waals surface area contributed by atoms with E-state index in [1.54, 1.807) is 22.3 Å². The Morgan fingerprint density at radius 2 is 1.10 bits per heavy atom. The van der Waals surface area contributed by atoms with E-state index in [2.05, 4.69) is 39.8 Å². The zero-order valence-corrected chi connectivity index (χ0v) is 14.2. The molecule has 0 aliphatic heterocycles. The van der Waals surface area contributed by atoms with Gasteiger partial charge in [-0.05, 0) is 67.2 Å². The molecule has 0 saturated carbocycles. The number of hydrogen-bond donors (Lipinski definition) is 0. The minimum absolute atomic E-state index is 1.17. The largest absolute Gasteiger partial charge is 0.0654 e. The number of unbranched alkanes of at least 4 members (excludes halogenated alkanes) is 3. The van der Waals surface area contributed by atoms with E-state index >= 15 is 0 Å². The smallest absolute Gasteiger partial charge is 0.0274 e. The highest BCUT2D eigenvalue weighted by molar-refractivity contribution is 5.40. The predicted octanol–water partition coefficient (Wildman–Crippen LogP) is 6.28. The summed E-state index contributed by atoms with van der Waals surface area (Å²) < 4.78 is 0. The third-order valence-corrected chi connectivity index (χ3v) is 4.28. The molecule has 0 aliphatic rings. The lowest BCUT2D eigenvalue weighted by Gasteiger charge is -2.17. The first kappa shape index (κ1) is 17.3. The van der Waals surface area contributed by atoms with Crippen LogP contribution in [0.2, 0.25) is 0 Å². The Kier molecular flexibility index (Phi) is 8.65. The first-order valence-electron chi connectivity index (χ1n) is 8.90. The highest BCUT2D eigenvalue weighted by Gasteiger charge is 2.10. The van der Waals surface area contributed by atoms with Crippen molar-refractivity contribution in [1.29, 1.82) is 0 Å². The highest BCUT2D eigenvalue weighted by Crippen LogP contribution is 2.24. The second-order valence-electron chi connectivity index (χ2n) is 6.06. The fourth-order valence-electron chi connectivity index (χ4n) is 2.93. The molecule has 0 bridgehead atoms. The van der Waals surface area contributed by atoms with Gasteiger partial charge in [0, 0.05) is 0 Å². The molecule has 0 spiro atoms. The Labute approximate surface area is 127 Å². The van der Waals surface area contributed by atoms with Gasteiger partial charge in [-0.3, -0.25) is 0 Å². The van der Waals surface area contributed by atoms with Crippen LogP contribution in [0, 0.1) is 0 Å². The monoisotopic (exact) mass is 274 g/mol. The van der Waals surface area contributed by atoms with Gasteiger partial charge in [-0.15, -0.1) is 0 Å². The summed E-state index contributed by atoms with van der Waals surface area (Å²) in [5, 5.41) is 0. The molecule has 0 fully saturated rings. The van der Waals surface area contributed by atoms with Gasteiger partial charge >= 0.3 is 0 Å². The van der Waals surface area contributed by atoms with Gasteiger partial charge in [0.2, 0.25) is 0 Å². The van der Waals surface area contributed by atoms with Crippen molar-refractivity contribution in [1.82, 2.24) is 0 Å². The molecule has 0 amide bonds. The molecule has 0 aliphatic carbocycles. The summed E-state index contributed by atoms with van der Waals surface area (Å²) in [5.74, 6) is 0. The van der Waals surface area contributed by atoms with E-state index in [0.717, 1.165) is 0 Å².